The van der Waals surface area contributed by atoms with E-state index in [1.165, 1.54) is 0 Å². The summed E-state index contributed by atoms with van der Waals surface area (Å²) in [6.45, 7) is 6.21. The standard InChI is InChI=1S/C17H23BrFNO/c1-16(2)10-11-8-14(18)15(19)9-13(11)17(16,21)12-4-6-20(3)7-5-12/h8-9,12,21H,4-7,10H2,1-3H3. The second kappa shape index (κ2) is 5.04. The molecule has 21 heavy (non-hydrogen) atoms. The predicted octanol–water partition coefficient (Wildman–Crippen LogP) is 3.70. The Morgan fingerprint density at radius 1 is 1.29 bits per heavy atom. The van der Waals surface area contributed by atoms with Gasteiger partial charge in [0, 0.05) is 5.41 Å². The van der Waals surface area contributed by atoms with Gasteiger partial charge in [-0.3, -0.25) is 0 Å². The van der Waals surface area contributed by atoms with Crippen LogP contribution >= 0.6 is 15.9 Å². The number of hydrogen-bond acceptors (Lipinski definition) is 2. The van der Waals surface area contributed by atoms with Crippen molar-refractivity contribution < 1.29 is 9.50 Å². The number of halogens is 2. The van der Waals surface area contributed by atoms with Crippen LogP contribution in [0.3, 0.4) is 0 Å². The van der Waals surface area contributed by atoms with Crippen LogP contribution in [0.4, 0.5) is 4.39 Å². The third kappa shape index (κ3) is 2.27. The largest absolute Gasteiger partial charge is 0.384 e. The third-order valence-electron chi connectivity index (χ3n) is 5.53. The van der Waals surface area contributed by atoms with E-state index in [0.717, 1.165) is 43.5 Å². The fourth-order valence-electron chi connectivity index (χ4n) is 4.26. The molecular formula is C17H23BrFNO. The van der Waals surface area contributed by atoms with Crippen molar-refractivity contribution in [3.8, 4) is 0 Å². The van der Waals surface area contributed by atoms with E-state index >= 15 is 0 Å². The quantitative estimate of drug-likeness (QED) is 0.830. The summed E-state index contributed by atoms with van der Waals surface area (Å²) < 4.78 is 14.5. The molecule has 1 N–H and O–H groups in total. The molecule has 0 aromatic heterocycles. The van der Waals surface area contributed by atoms with E-state index in [1.54, 1.807) is 6.07 Å². The number of fused-ring (bicyclic) bond motifs is 1. The van der Waals surface area contributed by atoms with Crippen molar-refractivity contribution in [2.75, 3.05) is 20.1 Å². The SMILES string of the molecule is CN1CCC(C2(O)c3cc(F)c(Br)cc3CC2(C)C)CC1. The van der Waals surface area contributed by atoms with E-state index in [9.17, 15) is 9.50 Å². The summed E-state index contributed by atoms with van der Waals surface area (Å²) in [7, 11) is 2.12. The topological polar surface area (TPSA) is 23.5 Å². The zero-order chi connectivity index (χ0) is 15.4. The molecule has 3 rings (SSSR count). The number of benzene rings is 1. The average molecular weight is 356 g/mol. The zero-order valence-corrected chi connectivity index (χ0v) is 14.5. The Labute approximate surface area is 134 Å². The van der Waals surface area contributed by atoms with Crippen molar-refractivity contribution in [3.05, 3.63) is 33.5 Å². The van der Waals surface area contributed by atoms with Crippen LogP contribution in [0, 0.1) is 17.2 Å². The molecule has 0 amide bonds. The number of likely N-dealkylation sites (tertiary alicyclic amines) is 1. The second-order valence-electron chi connectivity index (χ2n) is 7.33. The predicted molar refractivity (Wildman–Crippen MR) is 85.7 cm³/mol. The minimum atomic E-state index is -0.925. The first-order valence-electron chi connectivity index (χ1n) is 7.65. The number of piperidine rings is 1. The summed E-state index contributed by atoms with van der Waals surface area (Å²) in [4.78, 5) is 2.30. The van der Waals surface area contributed by atoms with Crippen molar-refractivity contribution in [2.45, 2.75) is 38.7 Å². The maximum absolute atomic E-state index is 14.0. The monoisotopic (exact) mass is 355 g/mol. The molecule has 1 heterocycles. The first-order valence-corrected chi connectivity index (χ1v) is 8.44. The molecule has 1 unspecified atom stereocenters. The van der Waals surface area contributed by atoms with Crippen LogP contribution in [-0.2, 0) is 12.0 Å². The lowest BCUT2D eigenvalue weighted by Crippen LogP contribution is -2.49. The van der Waals surface area contributed by atoms with Crippen molar-refractivity contribution in [1.29, 1.82) is 0 Å². The maximum atomic E-state index is 14.0. The van der Waals surface area contributed by atoms with Gasteiger partial charge in [-0.05, 0) is 84.5 Å². The maximum Gasteiger partial charge on any atom is 0.137 e. The van der Waals surface area contributed by atoms with Gasteiger partial charge in [0.05, 0.1) is 10.1 Å². The fraction of sp³-hybridized carbons (Fsp3) is 0.647. The molecule has 0 saturated carbocycles. The van der Waals surface area contributed by atoms with Crippen molar-refractivity contribution >= 4 is 15.9 Å². The number of nitrogens with zero attached hydrogens (tertiary/aromatic N) is 1. The smallest absolute Gasteiger partial charge is 0.137 e. The van der Waals surface area contributed by atoms with E-state index < -0.39 is 5.60 Å². The van der Waals surface area contributed by atoms with Gasteiger partial charge in [-0.1, -0.05) is 13.8 Å². The molecule has 2 aliphatic rings. The molecule has 2 nitrogen and oxygen atoms in total. The van der Waals surface area contributed by atoms with Gasteiger partial charge in [0.2, 0.25) is 0 Å². The van der Waals surface area contributed by atoms with E-state index in [4.69, 9.17) is 0 Å². The highest BCUT2D eigenvalue weighted by Crippen LogP contribution is 2.56. The van der Waals surface area contributed by atoms with Crippen LogP contribution < -0.4 is 0 Å². The highest BCUT2D eigenvalue weighted by Gasteiger charge is 2.55. The van der Waals surface area contributed by atoms with Crippen LogP contribution in [-0.4, -0.2) is 30.1 Å². The minimum absolute atomic E-state index is 0.200. The van der Waals surface area contributed by atoms with Crippen molar-refractivity contribution in [3.63, 3.8) is 0 Å². The summed E-state index contributed by atoms with van der Waals surface area (Å²) in [5, 5.41) is 11.6. The molecule has 1 aromatic rings. The van der Waals surface area contributed by atoms with Crippen molar-refractivity contribution in [2.24, 2.45) is 11.3 Å². The first kappa shape index (κ1) is 15.4. The molecule has 4 heteroatoms. The summed E-state index contributed by atoms with van der Waals surface area (Å²) >= 11 is 3.26. The molecule has 1 saturated heterocycles. The van der Waals surface area contributed by atoms with Crippen LogP contribution in [0.1, 0.15) is 37.8 Å². The molecular weight excluding hydrogens is 333 g/mol. The fourth-order valence-corrected chi connectivity index (χ4v) is 4.65. The van der Waals surface area contributed by atoms with E-state index in [0.29, 0.717) is 4.47 Å². The summed E-state index contributed by atoms with van der Waals surface area (Å²) in [6.07, 6.45) is 2.73. The van der Waals surface area contributed by atoms with E-state index in [2.05, 4.69) is 41.7 Å². The van der Waals surface area contributed by atoms with Crippen molar-refractivity contribution in [1.82, 2.24) is 4.90 Å². The molecule has 0 bridgehead atoms. The normalized spacial score (nSPS) is 29.6. The lowest BCUT2D eigenvalue weighted by molar-refractivity contribution is -0.121. The molecule has 0 spiro atoms. The number of aliphatic hydroxyl groups is 1. The van der Waals surface area contributed by atoms with Gasteiger partial charge in [-0.2, -0.15) is 0 Å². The third-order valence-corrected chi connectivity index (χ3v) is 6.14. The Morgan fingerprint density at radius 2 is 1.90 bits per heavy atom. The zero-order valence-electron chi connectivity index (χ0n) is 12.9. The highest BCUT2D eigenvalue weighted by atomic mass is 79.9. The Hall–Kier alpha value is -0.450. The Bertz CT molecular complexity index is 566. The van der Waals surface area contributed by atoms with Crippen LogP contribution in [0.25, 0.3) is 0 Å². The van der Waals surface area contributed by atoms with Gasteiger partial charge in [0.25, 0.3) is 0 Å². The molecule has 1 aliphatic heterocycles. The van der Waals surface area contributed by atoms with Gasteiger partial charge in [-0.25, -0.2) is 4.39 Å². The van der Waals surface area contributed by atoms with Gasteiger partial charge in [0.1, 0.15) is 5.82 Å². The highest BCUT2D eigenvalue weighted by molar-refractivity contribution is 9.10. The van der Waals surface area contributed by atoms with Crippen LogP contribution in [0.2, 0.25) is 0 Å². The molecule has 1 atom stereocenters. The van der Waals surface area contributed by atoms with Gasteiger partial charge < -0.3 is 10.0 Å². The number of hydrogen-bond donors (Lipinski definition) is 1. The first-order chi connectivity index (χ1) is 9.75. The molecule has 116 valence electrons. The van der Waals surface area contributed by atoms with E-state index in [-0.39, 0.29) is 17.2 Å². The summed E-state index contributed by atoms with van der Waals surface area (Å²) in [5.74, 6) is -0.0803. The Balaban J connectivity index is 2.06. The Kier molecular flexibility index (Phi) is 3.70. The summed E-state index contributed by atoms with van der Waals surface area (Å²) in [5.41, 5.74) is 0.700. The lowest BCUT2D eigenvalue weighted by Gasteiger charge is -2.46. The molecule has 1 fully saturated rings. The van der Waals surface area contributed by atoms with Crippen LogP contribution in [0.15, 0.2) is 16.6 Å². The molecule has 0 radical (unpaired) electrons. The lowest BCUT2D eigenvalue weighted by atomic mass is 9.65. The van der Waals surface area contributed by atoms with Gasteiger partial charge in [0.15, 0.2) is 0 Å². The van der Waals surface area contributed by atoms with Gasteiger partial charge >= 0.3 is 0 Å². The van der Waals surface area contributed by atoms with E-state index in [1.807, 2.05) is 6.07 Å². The average Bonchev–Trinajstić information content (AvgIpc) is 2.60. The van der Waals surface area contributed by atoms with Gasteiger partial charge in [-0.15, -0.1) is 0 Å². The second-order valence-corrected chi connectivity index (χ2v) is 8.18. The summed E-state index contributed by atoms with van der Waals surface area (Å²) in [6, 6.07) is 3.39. The number of rotatable bonds is 1. The molecule has 1 aromatic carbocycles. The van der Waals surface area contributed by atoms with Crippen LogP contribution in [0.5, 0.6) is 0 Å². The molecule has 1 aliphatic carbocycles. The Morgan fingerprint density at radius 3 is 2.52 bits per heavy atom. The minimum Gasteiger partial charge on any atom is -0.384 e.